The molecule has 3 N–H and O–H groups in total. The minimum atomic E-state index is -1.15. The van der Waals surface area contributed by atoms with Gasteiger partial charge in [-0.05, 0) is 52.1 Å². The molecule has 0 aliphatic carbocycles. The van der Waals surface area contributed by atoms with Crippen LogP contribution in [0.4, 0.5) is 0 Å². The number of rotatable bonds is 15. The first-order chi connectivity index (χ1) is 22.1. The van der Waals surface area contributed by atoms with Crippen LogP contribution in [0.2, 0.25) is 0 Å². The van der Waals surface area contributed by atoms with Crippen molar-refractivity contribution in [1.29, 1.82) is 0 Å². The Kier molecular flexibility index (Phi) is 11.1. The zero-order valence-corrected chi connectivity index (χ0v) is 25.2. The van der Waals surface area contributed by atoms with E-state index in [1.807, 2.05) is 91.0 Å². The molecule has 0 spiro atoms. The van der Waals surface area contributed by atoms with Gasteiger partial charge >= 0.3 is 0 Å². The van der Waals surface area contributed by atoms with Gasteiger partial charge in [0.15, 0.2) is 23.0 Å². The molecule has 0 aliphatic heterocycles. The zero-order chi connectivity index (χ0) is 31.4. The fraction of sp³-hybridized carbons (Fsp3) is 0.211. The van der Waals surface area contributed by atoms with Gasteiger partial charge in [0.25, 0.3) is 0 Å². The highest BCUT2D eigenvalue weighted by atomic mass is 16.5. The number of benzene rings is 5. The van der Waals surface area contributed by atoms with Crippen molar-refractivity contribution < 1.29 is 34.3 Å². The topological polar surface area (TPSA) is 97.6 Å². The van der Waals surface area contributed by atoms with E-state index in [9.17, 15) is 15.3 Å². The molecule has 0 saturated heterocycles. The minimum absolute atomic E-state index is 0.240. The molecule has 5 aromatic rings. The summed E-state index contributed by atoms with van der Waals surface area (Å²) in [7, 11) is 1.54. The lowest BCUT2D eigenvalue weighted by Crippen LogP contribution is -2.17. The Labute approximate surface area is 263 Å². The molecule has 0 amide bonds. The van der Waals surface area contributed by atoms with Crippen molar-refractivity contribution in [3.8, 4) is 23.0 Å². The van der Waals surface area contributed by atoms with Crippen LogP contribution >= 0.6 is 0 Å². The van der Waals surface area contributed by atoms with Crippen molar-refractivity contribution in [1.82, 2.24) is 0 Å². The second kappa shape index (κ2) is 15.8. The van der Waals surface area contributed by atoms with Crippen LogP contribution in [-0.2, 0) is 26.4 Å². The Hall–Kier alpha value is -4.82. The molecular weight excluding hydrogens is 568 g/mol. The van der Waals surface area contributed by atoms with Gasteiger partial charge in [-0.2, -0.15) is 0 Å². The second-order valence-corrected chi connectivity index (χ2v) is 10.6. The molecule has 5 aromatic carbocycles. The first-order valence-electron chi connectivity index (χ1n) is 14.8. The predicted octanol–water partition coefficient (Wildman–Crippen LogP) is 6.73. The van der Waals surface area contributed by atoms with Crippen LogP contribution in [0.1, 0.15) is 45.4 Å². The number of methoxy groups -OCH3 is 1. The lowest BCUT2D eigenvalue weighted by atomic mass is 9.87. The number of hydrogen-bond acceptors (Lipinski definition) is 7. The summed E-state index contributed by atoms with van der Waals surface area (Å²) in [6, 6.07) is 37.9. The molecule has 0 aromatic heterocycles. The molecule has 0 heterocycles. The van der Waals surface area contributed by atoms with Crippen LogP contribution in [-0.4, -0.2) is 29.0 Å². The smallest absolute Gasteiger partial charge is 0.165 e. The molecule has 0 radical (unpaired) electrons. The molecule has 7 nitrogen and oxygen atoms in total. The van der Waals surface area contributed by atoms with E-state index < -0.39 is 18.6 Å². The number of hydrogen-bond donors (Lipinski definition) is 3. The van der Waals surface area contributed by atoms with Gasteiger partial charge in [0.05, 0.1) is 26.4 Å². The summed E-state index contributed by atoms with van der Waals surface area (Å²) in [6.07, 6.45) is -1.15. The molecule has 0 fully saturated rings. The van der Waals surface area contributed by atoms with Gasteiger partial charge in [-0.15, -0.1) is 0 Å². The molecule has 2 atom stereocenters. The summed E-state index contributed by atoms with van der Waals surface area (Å²) in [4.78, 5) is 0. The van der Waals surface area contributed by atoms with Gasteiger partial charge < -0.3 is 34.3 Å². The molecule has 5 rings (SSSR count). The predicted molar refractivity (Wildman–Crippen MR) is 172 cm³/mol. The van der Waals surface area contributed by atoms with Crippen LogP contribution < -0.4 is 18.9 Å². The zero-order valence-electron chi connectivity index (χ0n) is 25.2. The first kappa shape index (κ1) is 31.6. The van der Waals surface area contributed by atoms with Crippen LogP contribution in [0.25, 0.3) is 0 Å². The summed E-state index contributed by atoms with van der Waals surface area (Å²) in [6.45, 7) is 0.211. The van der Waals surface area contributed by atoms with Crippen molar-refractivity contribution in [3.05, 3.63) is 155 Å². The maximum absolute atomic E-state index is 11.7. The van der Waals surface area contributed by atoms with Crippen molar-refractivity contribution in [2.24, 2.45) is 0 Å². The van der Waals surface area contributed by atoms with Gasteiger partial charge in [0.1, 0.15) is 19.8 Å². The van der Waals surface area contributed by atoms with E-state index in [0.29, 0.717) is 46.3 Å². The van der Waals surface area contributed by atoms with E-state index in [4.69, 9.17) is 18.9 Å². The summed E-state index contributed by atoms with van der Waals surface area (Å²) >= 11 is 0. The largest absolute Gasteiger partial charge is 0.493 e. The summed E-state index contributed by atoms with van der Waals surface area (Å²) in [5.41, 5.74) is 4.52. The maximum atomic E-state index is 11.7. The fourth-order valence-electron chi connectivity index (χ4n) is 5.10. The van der Waals surface area contributed by atoms with Crippen molar-refractivity contribution >= 4 is 0 Å². The second-order valence-electron chi connectivity index (χ2n) is 10.6. The van der Waals surface area contributed by atoms with Crippen LogP contribution in [0, 0.1) is 0 Å². The van der Waals surface area contributed by atoms with Gasteiger partial charge in [0.2, 0.25) is 0 Å². The molecular formula is C38H38O7. The van der Waals surface area contributed by atoms with Crippen LogP contribution in [0.3, 0.4) is 0 Å². The summed E-state index contributed by atoms with van der Waals surface area (Å²) in [5.74, 6) is 0.963. The quantitative estimate of drug-likeness (QED) is 0.122. The van der Waals surface area contributed by atoms with Crippen molar-refractivity contribution in [2.45, 2.75) is 38.4 Å². The Morgan fingerprint density at radius 3 is 1.60 bits per heavy atom. The highest BCUT2D eigenvalue weighted by Gasteiger charge is 2.29. The van der Waals surface area contributed by atoms with Gasteiger partial charge in [0, 0.05) is 11.5 Å². The standard InChI is InChI=1S/C38H38O7/c1-42-35-21-31(17-18-34(35)43-24-27-11-5-2-6-12-27)37(41)33(23-40)32-19-30(22-39)20-36(44-25-28-13-7-3-8-14-28)38(32)45-26-29-15-9-4-10-16-29/h2-21,33,37,39-41H,22-26H2,1H3. The SMILES string of the molecule is COc1cc(C(O)C(CO)c2cc(CO)cc(OCc3ccccc3)c2OCc2ccccc2)ccc1OCc1ccccc1. The number of ether oxygens (including phenoxy) is 4. The third-order valence-electron chi connectivity index (χ3n) is 7.53. The van der Waals surface area contributed by atoms with Gasteiger partial charge in [-0.1, -0.05) is 97.1 Å². The Morgan fingerprint density at radius 2 is 1.09 bits per heavy atom. The molecule has 2 unspecified atom stereocenters. The van der Waals surface area contributed by atoms with E-state index >= 15 is 0 Å². The van der Waals surface area contributed by atoms with Crippen LogP contribution in [0.5, 0.6) is 23.0 Å². The highest BCUT2D eigenvalue weighted by molar-refractivity contribution is 5.53. The normalized spacial score (nSPS) is 12.3. The lowest BCUT2D eigenvalue weighted by molar-refractivity contribution is 0.104. The molecule has 0 aliphatic rings. The van der Waals surface area contributed by atoms with Crippen molar-refractivity contribution in [3.63, 3.8) is 0 Å². The van der Waals surface area contributed by atoms with E-state index in [-0.39, 0.29) is 19.8 Å². The van der Waals surface area contributed by atoms with E-state index in [2.05, 4.69) is 0 Å². The van der Waals surface area contributed by atoms with E-state index in [0.717, 1.165) is 16.7 Å². The fourth-order valence-corrected chi connectivity index (χ4v) is 5.10. The average molecular weight is 607 g/mol. The monoisotopic (exact) mass is 606 g/mol. The average Bonchev–Trinajstić information content (AvgIpc) is 3.10. The Morgan fingerprint density at radius 1 is 0.556 bits per heavy atom. The number of aliphatic hydroxyl groups excluding tert-OH is 3. The molecule has 7 heteroatoms. The number of aliphatic hydroxyl groups is 3. The maximum Gasteiger partial charge on any atom is 0.165 e. The third-order valence-corrected chi connectivity index (χ3v) is 7.53. The van der Waals surface area contributed by atoms with E-state index in [1.165, 1.54) is 0 Å². The molecule has 232 valence electrons. The Balaban J connectivity index is 1.47. The van der Waals surface area contributed by atoms with Crippen molar-refractivity contribution in [2.75, 3.05) is 13.7 Å². The highest BCUT2D eigenvalue weighted by Crippen LogP contribution is 2.44. The Bertz CT molecular complexity index is 1630. The first-order valence-corrected chi connectivity index (χ1v) is 14.8. The lowest BCUT2D eigenvalue weighted by Gasteiger charge is -2.27. The summed E-state index contributed by atoms with van der Waals surface area (Å²) < 4.78 is 24.2. The summed E-state index contributed by atoms with van der Waals surface area (Å²) in [5, 5.41) is 32.6. The van der Waals surface area contributed by atoms with Gasteiger partial charge in [-0.3, -0.25) is 0 Å². The van der Waals surface area contributed by atoms with Gasteiger partial charge in [-0.25, -0.2) is 0 Å². The third kappa shape index (κ3) is 8.22. The molecule has 45 heavy (non-hydrogen) atoms. The molecule has 0 saturated carbocycles. The minimum Gasteiger partial charge on any atom is -0.493 e. The van der Waals surface area contributed by atoms with Crippen LogP contribution in [0.15, 0.2) is 121 Å². The molecule has 0 bridgehead atoms. The van der Waals surface area contributed by atoms with E-state index in [1.54, 1.807) is 37.4 Å².